The molecule has 1 aliphatic heterocycles. The van der Waals surface area contributed by atoms with Crippen LogP contribution in [0.1, 0.15) is 28.8 Å². The number of nitrogen functional groups attached to an aromatic ring is 2. The van der Waals surface area contributed by atoms with Gasteiger partial charge in [-0.05, 0) is 66.2 Å². The highest BCUT2D eigenvalue weighted by atomic mass is 16.5. The second-order valence-corrected chi connectivity index (χ2v) is 11.0. The van der Waals surface area contributed by atoms with Crippen molar-refractivity contribution >= 4 is 50.3 Å². The van der Waals surface area contributed by atoms with Crippen LogP contribution in [0.5, 0.6) is 5.75 Å². The van der Waals surface area contributed by atoms with Gasteiger partial charge in [0, 0.05) is 50.1 Å². The number of aromatic nitrogens is 1. The summed E-state index contributed by atoms with van der Waals surface area (Å²) in [5.74, 6) is 1.10. The molecule has 9 rings (SSSR count). The predicted molar refractivity (Wildman–Crippen MR) is 166 cm³/mol. The monoisotopic (exact) mass is 531 g/mol. The summed E-state index contributed by atoms with van der Waals surface area (Å²) in [4.78, 5) is 0. The molecule has 196 valence electrons. The molecule has 2 aromatic heterocycles. The van der Waals surface area contributed by atoms with Gasteiger partial charge in [-0.25, -0.2) is 0 Å². The number of furan rings is 1. The Hall–Kier alpha value is -5.42. The zero-order chi connectivity index (χ0) is 27.2. The van der Waals surface area contributed by atoms with Gasteiger partial charge in [0.25, 0.3) is 0 Å². The first-order chi connectivity index (χ1) is 20.1. The molecule has 0 saturated heterocycles. The number of hydrogen-bond donors (Lipinski definition) is 2. The Morgan fingerprint density at radius 2 is 1.44 bits per heavy atom. The number of hydrogen-bond acceptors (Lipinski definition) is 4. The van der Waals surface area contributed by atoms with E-state index in [0.29, 0.717) is 11.4 Å². The maximum Gasteiger partial charge on any atom is 0.150 e. The highest BCUT2D eigenvalue weighted by Crippen LogP contribution is 2.53. The first-order valence-corrected chi connectivity index (χ1v) is 13.8. The summed E-state index contributed by atoms with van der Waals surface area (Å²) in [6.07, 6.45) is 4.43. The quantitative estimate of drug-likeness (QED) is 0.219. The molecule has 0 spiro atoms. The standard InChI is InChI=1S/C36H25N3O2/c37-21-10-14-31(27(18-21)20-9-15-33-28(17-20)29-19-22(38)11-16-34(29)40-33)39-30-7-3-1-5-23(30)25-12-13-26-24-6-2-4-8-32(24)41-36(26)35(25)39/h1-19,26,36H,37-38H2. The number of rotatable bonds is 2. The summed E-state index contributed by atoms with van der Waals surface area (Å²) in [7, 11) is 0. The third-order valence-corrected chi connectivity index (χ3v) is 8.62. The first-order valence-electron chi connectivity index (χ1n) is 13.8. The average molecular weight is 532 g/mol. The Labute approximate surface area is 235 Å². The number of ether oxygens (including phenoxy) is 1. The smallest absolute Gasteiger partial charge is 0.150 e. The van der Waals surface area contributed by atoms with E-state index in [1.54, 1.807) is 0 Å². The van der Waals surface area contributed by atoms with Gasteiger partial charge >= 0.3 is 0 Å². The van der Waals surface area contributed by atoms with Crippen molar-refractivity contribution in [1.29, 1.82) is 0 Å². The van der Waals surface area contributed by atoms with Crippen molar-refractivity contribution < 1.29 is 9.15 Å². The van der Waals surface area contributed by atoms with Crippen LogP contribution in [-0.2, 0) is 0 Å². The van der Waals surface area contributed by atoms with E-state index in [2.05, 4.69) is 83.4 Å². The van der Waals surface area contributed by atoms with E-state index in [4.69, 9.17) is 20.6 Å². The van der Waals surface area contributed by atoms with E-state index in [0.717, 1.165) is 55.7 Å². The molecule has 0 saturated carbocycles. The van der Waals surface area contributed by atoms with Crippen molar-refractivity contribution in [3.63, 3.8) is 0 Å². The molecular formula is C36H25N3O2. The Morgan fingerprint density at radius 3 is 2.37 bits per heavy atom. The van der Waals surface area contributed by atoms with Crippen LogP contribution in [-0.4, -0.2) is 4.57 Å². The van der Waals surface area contributed by atoms with Gasteiger partial charge in [-0.15, -0.1) is 0 Å². The maximum atomic E-state index is 6.68. The summed E-state index contributed by atoms with van der Waals surface area (Å²) in [5.41, 5.74) is 23.5. The lowest BCUT2D eigenvalue weighted by Gasteiger charge is -2.25. The highest BCUT2D eigenvalue weighted by molar-refractivity contribution is 6.07. The van der Waals surface area contributed by atoms with Crippen molar-refractivity contribution in [2.75, 3.05) is 11.5 Å². The number of nitrogens with two attached hydrogens (primary N) is 2. The van der Waals surface area contributed by atoms with Gasteiger partial charge < -0.3 is 25.2 Å². The normalized spacial score (nSPS) is 17.1. The van der Waals surface area contributed by atoms with Gasteiger partial charge in [-0.3, -0.25) is 0 Å². The molecule has 5 nitrogen and oxygen atoms in total. The lowest BCUT2D eigenvalue weighted by molar-refractivity contribution is 0.216. The van der Waals surface area contributed by atoms with Crippen LogP contribution in [0.25, 0.3) is 55.7 Å². The van der Waals surface area contributed by atoms with E-state index >= 15 is 0 Å². The van der Waals surface area contributed by atoms with E-state index < -0.39 is 0 Å². The zero-order valence-corrected chi connectivity index (χ0v) is 22.0. The molecule has 0 radical (unpaired) electrons. The molecule has 2 unspecified atom stereocenters. The maximum absolute atomic E-state index is 6.68. The highest BCUT2D eigenvalue weighted by Gasteiger charge is 2.40. The van der Waals surface area contributed by atoms with Crippen molar-refractivity contribution in [3.05, 3.63) is 126 Å². The van der Waals surface area contributed by atoms with Crippen LogP contribution in [0.4, 0.5) is 11.4 Å². The molecule has 5 heteroatoms. The molecule has 1 aliphatic carbocycles. The molecular weight excluding hydrogens is 506 g/mol. The summed E-state index contributed by atoms with van der Waals surface area (Å²) in [6.45, 7) is 0. The summed E-state index contributed by atoms with van der Waals surface area (Å²) < 4.78 is 15.2. The van der Waals surface area contributed by atoms with Gasteiger partial charge in [0.2, 0.25) is 0 Å². The summed E-state index contributed by atoms with van der Waals surface area (Å²) in [6, 6.07) is 35.2. The third kappa shape index (κ3) is 3.11. The van der Waals surface area contributed by atoms with Crippen LogP contribution in [0.3, 0.4) is 0 Å². The van der Waals surface area contributed by atoms with E-state index in [1.165, 1.54) is 16.5 Å². The topological polar surface area (TPSA) is 79.3 Å². The minimum Gasteiger partial charge on any atom is -0.483 e. The van der Waals surface area contributed by atoms with Crippen LogP contribution in [0.2, 0.25) is 0 Å². The fraction of sp³-hybridized carbons (Fsp3) is 0.0556. The van der Waals surface area contributed by atoms with Crippen molar-refractivity contribution in [2.24, 2.45) is 0 Å². The fourth-order valence-corrected chi connectivity index (χ4v) is 6.81. The second kappa shape index (κ2) is 8.05. The van der Waals surface area contributed by atoms with E-state index in [9.17, 15) is 0 Å². The fourth-order valence-electron chi connectivity index (χ4n) is 6.81. The number of para-hydroxylation sites is 2. The lowest BCUT2D eigenvalue weighted by Crippen LogP contribution is -2.17. The van der Waals surface area contributed by atoms with Gasteiger partial charge in [0.1, 0.15) is 23.0 Å². The summed E-state index contributed by atoms with van der Waals surface area (Å²) >= 11 is 0. The van der Waals surface area contributed by atoms with Crippen molar-refractivity contribution in [2.45, 2.75) is 12.0 Å². The minimum absolute atomic E-state index is 0.131. The minimum atomic E-state index is -0.131. The number of fused-ring (bicyclic) bond motifs is 10. The molecule has 5 aromatic carbocycles. The van der Waals surface area contributed by atoms with Crippen molar-refractivity contribution in [3.8, 4) is 22.6 Å². The van der Waals surface area contributed by atoms with E-state index in [-0.39, 0.29) is 12.0 Å². The van der Waals surface area contributed by atoms with Crippen LogP contribution < -0.4 is 16.2 Å². The SMILES string of the molecule is Nc1ccc(-n2c3c(c4ccccc42)C=CC2c4ccccc4OC32)c(-c2ccc3oc4ccc(N)cc4c3c2)c1. The Kier molecular flexibility index (Phi) is 4.40. The number of benzene rings is 5. The van der Waals surface area contributed by atoms with E-state index in [1.807, 2.05) is 36.4 Å². The van der Waals surface area contributed by atoms with Gasteiger partial charge in [0.05, 0.1) is 16.9 Å². The van der Waals surface area contributed by atoms with Crippen LogP contribution >= 0.6 is 0 Å². The molecule has 0 amide bonds. The van der Waals surface area contributed by atoms with Gasteiger partial charge in [-0.2, -0.15) is 0 Å². The van der Waals surface area contributed by atoms with Crippen LogP contribution in [0.15, 0.2) is 114 Å². The largest absolute Gasteiger partial charge is 0.483 e. The molecule has 41 heavy (non-hydrogen) atoms. The van der Waals surface area contributed by atoms with Crippen molar-refractivity contribution in [1.82, 2.24) is 4.57 Å². The lowest BCUT2D eigenvalue weighted by atomic mass is 9.87. The second-order valence-electron chi connectivity index (χ2n) is 11.0. The molecule has 2 aliphatic rings. The third-order valence-electron chi connectivity index (χ3n) is 8.62. The number of anilines is 2. The Morgan fingerprint density at radius 1 is 0.683 bits per heavy atom. The number of nitrogens with zero attached hydrogens (tertiary/aromatic N) is 1. The molecule has 3 heterocycles. The predicted octanol–water partition coefficient (Wildman–Crippen LogP) is 8.61. The molecule has 7 aromatic rings. The zero-order valence-electron chi connectivity index (χ0n) is 22.0. The van der Waals surface area contributed by atoms with Gasteiger partial charge in [0.15, 0.2) is 0 Å². The Balaban J connectivity index is 1.32. The average Bonchev–Trinajstić information content (AvgIpc) is 3.66. The molecule has 2 atom stereocenters. The summed E-state index contributed by atoms with van der Waals surface area (Å²) in [5, 5.41) is 3.22. The molecule has 0 fully saturated rings. The van der Waals surface area contributed by atoms with Gasteiger partial charge in [-0.1, -0.05) is 54.6 Å². The Bertz CT molecular complexity index is 2240. The van der Waals surface area contributed by atoms with Crippen LogP contribution in [0, 0.1) is 0 Å². The molecule has 0 bridgehead atoms. The first kappa shape index (κ1) is 22.4. The molecule has 4 N–H and O–H groups in total.